The molecule has 0 amide bonds. The molecule has 64 valence electrons. The van der Waals surface area contributed by atoms with E-state index in [9.17, 15) is 4.79 Å². The first-order valence-electron chi connectivity index (χ1n) is 3.56. The van der Waals surface area contributed by atoms with Crippen molar-refractivity contribution in [2.75, 3.05) is 0 Å². The molecule has 0 unspecified atom stereocenters. The molecule has 2 nitrogen and oxygen atoms in total. The molecule has 1 rings (SSSR count). The van der Waals surface area contributed by atoms with E-state index in [-0.39, 0.29) is 5.97 Å². The Morgan fingerprint density at radius 3 is 2.75 bits per heavy atom. The monoisotopic (exact) mass is 184 g/mol. The van der Waals surface area contributed by atoms with Crippen LogP contribution in [0.15, 0.2) is 24.3 Å². The van der Waals surface area contributed by atoms with Crippen molar-refractivity contribution in [1.82, 2.24) is 0 Å². The molecule has 0 aliphatic carbocycles. The molecule has 3 heteroatoms. The number of alkyl halides is 1. The van der Waals surface area contributed by atoms with Gasteiger partial charge in [-0.25, -0.2) is 0 Å². The molecule has 0 spiro atoms. The van der Waals surface area contributed by atoms with Crippen LogP contribution in [0, 0.1) is 0 Å². The van der Waals surface area contributed by atoms with Crippen molar-refractivity contribution in [2.45, 2.75) is 12.8 Å². The predicted molar refractivity (Wildman–Crippen MR) is 47.3 cm³/mol. The van der Waals surface area contributed by atoms with Crippen molar-refractivity contribution in [2.24, 2.45) is 0 Å². The quantitative estimate of drug-likeness (QED) is 0.401. The van der Waals surface area contributed by atoms with Crippen LogP contribution in [0.3, 0.4) is 0 Å². The lowest BCUT2D eigenvalue weighted by molar-refractivity contribution is -0.131. The molecule has 0 atom stereocenters. The van der Waals surface area contributed by atoms with Crippen molar-refractivity contribution in [3.63, 3.8) is 0 Å². The largest absolute Gasteiger partial charge is 0.426 e. The fraction of sp³-hybridized carbons (Fsp3) is 0.222. The number of hydrogen-bond donors (Lipinski definition) is 0. The Balaban J connectivity index is 2.89. The molecule has 1 aromatic rings. The van der Waals surface area contributed by atoms with Crippen LogP contribution in [0.5, 0.6) is 5.75 Å². The predicted octanol–water partition coefficient (Wildman–Crippen LogP) is 2.35. The maximum Gasteiger partial charge on any atom is 0.308 e. The highest BCUT2D eigenvalue weighted by Gasteiger charge is 2.02. The summed E-state index contributed by atoms with van der Waals surface area (Å²) in [5, 5.41) is 0. The molecule has 0 fully saturated rings. The van der Waals surface area contributed by atoms with Gasteiger partial charge in [0.25, 0.3) is 0 Å². The number of para-hydroxylation sites is 1. The summed E-state index contributed by atoms with van der Waals surface area (Å²) in [6.07, 6.45) is 0. The second-order valence-corrected chi connectivity index (χ2v) is 2.60. The maximum absolute atomic E-state index is 10.6. The Hall–Kier alpha value is -1.02. The average molecular weight is 185 g/mol. The zero-order valence-electron chi connectivity index (χ0n) is 6.71. The lowest BCUT2D eigenvalue weighted by atomic mass is 10.2. The summed E-state index contributed by atoms with van der Waals surface area (Å²) in [7, 11) is 0. The summed E-state index contributed by atoms with van der Waals surface area (Å²) in [5.74, 6) is 0.566. The number of benzene rings is 1. The van der Waals surface area contributed by atoms with Gasteiger partial charge in [0.1, 0.15) is 5.75 Å². The molecule has 0 saturated heterocycles. The third kappa shape index (κ3) is 2.24. The Labute approximate surface area is 76.1 Å². The molecule has 1 aromatic carbocycles. The standard InChI is InChI=1S/C9H9ClO2/c1-7(11)12-9-5-3-2-4-8(9)6-10/h2-5H,6H2,1H3. The van der Waals surface area contributed by atoms with Crippen LogP contribution in [0.1, 0.15) is 12.5 Å². The number of rotatable bonds is 2. The van der Waals surface area contributed by atoms with Crippen LogP contribution in [0.2, 0.25) is 0 Å². The highest BCUT2D eigenvalue weighted by Crippen LogP contribution is 2.19. The Bertz CT molecular complexity index is 284. The van der Waals surface area contributed by atoms with Crippen molar-refractivity contribution in [3.8, 4) is 5.75 Å². The van der Waals surface area contributed by atoms with E-state index < -0.39 is 0 Å². The van der Waals surface area contributed by atoms with Crippen LogP contribution in [-0.2, 0) is 10.7 Å². The van der Waals surface area contributed by atoms with E-state index in [2.05, 4.69) is 0 Å². The first-order valence-corrected chi connectivity index (χ1v) is 4.10. The SMILES string of the molecule is CC(=O)Oc1ccccc1CCl. The van der Waals surface area contributed by atoms with Crippen LogP contribution < -0.4 is 4.74 Å². The van der Waals surface area contributed by atoms with Gasteiger partial charge in [0, 0.05) is 12.5 Å². The molecule has 0 radical (unpaired) electrons. The minimum atomic E-state index is -0.326. The van der Waals surface area contributed by atoms with E-state index in [1.807, 2.05) is 12.1 Å². The van der Waals surface area contributed by atoms with Crippen molar-refractivity contribution >= 4 is 17.6 Å². The highest BCUT2D eigenvalue weighted by atomic mass is 35.5. The fourth-order valence-electron chi connectivity index (χ4n) is 0.869. The Kier molecular flexibility index (Phi) is 3.11. The first-order chi connectivity index (χ1) is 5.74. The minimum Gasteiger partial charge on any atom is -0.426 e. The van der Waals surface area contributed by atoms with Gasteiger partial charge >= 0.3 is 5.97 Å². The van der Waals surface area contributed by atoms with Crippen LogP contribution in [0.25, 0.3) is 0 Å². The van der Waals surface area contributed by atoms with Crippen molar-refractivity contribution in [1.29, 1.82) is 0 Å². The summed E-state index contributed by atoms with van der Waals surface area (Å²) in [4.78, 5) is 10.6. The van der Waals surface area contributed by atoms with Gasteiger partial charge in [0.15, 0.2) is 0 Å². The summed E-state index contributed by atoms with van der Waals surface area (Å²) in [6, 6.07) is 7.20. The minimum absolute atomic E-state index is 0.326. The molecule has 0 aliphatic rings. The summed E-state index contributed by atoms with van der Waals surface area (Å²) in [6.45, 7) is 1.37. The van der Waals surface area contributed by atoms with Crippen molar-refractivity contribution in [3.05, 3.63) is 29.8 Å². The van der Waals surface area contributed by atoms with Crippen LogP contribution in [-0.4, -0.2) is 5.97 Å². The summed E-state index contributed by atoms with van der Waals surface area (Å²) in [5.41, 5.74) is 0.828. The molecular weight excluding hydrogens is 176 g/mol. The summed E-state index contributed by atoms with van der Waals surface area (Å²) < 4.78 is 4.91. The van der Waals surface area contributed by atoms with Gasteiger partial charge in [0.2, 0.25) is 0 Å². The Morgan fingerprint density at radius 2 is 2.17 bits per heavy atom. The smallest absolute Gasteiger partial charge is 0.308 e. The second-order valence-electron chi connectivity index (χ2n) is 2.33. The number of hydrogen-bond acceptors (Lipinski definition) is 2. The molecule has 0 aliphatic heterocycles. The lowest BCUT2D eigenvalue weighted by Gasteiger charge is -2.04. The number of carbonyl (C=O) groups is 1. The first kappa shape index (κ1) is 9.07. The second kappa shape index (κ2) is 4.12. The van der Waals surface area contributed by atoms with Gasteiger partial charge in [-0.05, 0) is 6.07 Å². The third-order valence-electron chi connectivity index (χ3n) is 1.37. The molecule has 0 saturated carbocycles. The molecule has 0 bridgehead atoms. The third-order valence-corrected chi connectivity index (χ3v) is 1.66. The zero-order chi connectivity index (χ0) is 8.97. The van der Waals surface area contributed by atoms with E-state index in [1.54, 1.807) is 12.1 Å². The van der Waals surface area contributed by atoms with Gasteiger partial charge in [-0.1, -0.05) is 18.2 Å². The number of esters is 1. The molecule has 0 heterocycles. The van der Waals surface area contributed by atoms with E-state index in [0.717, 1.165) is 5.56 Å². The van der Waals surface area contributed by atoms with Gasteiger partial charge in [-0.3, -0.25) is 4.79 Å². The maximum atomic E-state index is 10.6. The Morgan fingerprint density at radius 1 is 1.50 bits per heavy atom. The lowest BCUT2D eigenvalue weighted by Crippen LogP contribution is -2.02. The average Bonchev–Trinajstić information content (AvgIpc) is 2.04. The fourth-order valence-corrected chi connectivity index (χ4v) is 1.09. The molecular formula is C9H9ClO2. The van der Waals surface area contributed by atoms with Crippen LogP contribution >= 0.6 is 11.6 Å². The van der Waals surface area contributed by atoms with Gasteiger partial charge < -0.3 is 4.74 Å². The topological polar surface area (TPSA) is 26.3 Å². The van der Waals surface area contributed by atoms with Crippen molar-refractivity contribution < 1.29 is 9.53 Å². The van der Waals surface area contributed by atoms with Gasteiger partial charge in [-0.15, -0.1) is 11.6 Å². The van der Waals surface area contributed by atoms with Gasteiger partial charge in [-0.2, -0.15) is 0 Å². The number of ether oxygens (including phenoxy) is 1. The molecule has 12 heavy (non-hydrogen) atoms. The number of carbonyl (C=O) groups excluding carboxylic acids is 1. The van der Waals surface area contributed by atoms with E-state index in [1.165, 1.54) is 6.92 Å². The summed E-state index contributed by atoms with van der Waals surface area (Å²) >= 11 is 5.62. The van der Waals surface area contributed by atoms with E-state index in [0.29, 0.717) is 11.6 Å². The highest BCUT2D eigenvalue weighted by molar-refractivity contribution is 6.17. The molecule has 0 aromatic heterocycles. The molecule has 0 N–H and O–H groups in total. The number of halogens is 1. The van der Waals surface area contributed by atoms with E-state index in [4.69, 9.17) is 16.3 Å². The zero-order valence-corrected chi connectivity index (χ0v) is 7.47. The normalized spacial score (nSPS) is 9.50. The van der Waals surface area contributed by atoms with Gasteiger partial charge in [0.05, 0.1) is 5.88 Å². The van der Waals surface area contributed by atoms with E-state index >= 15 is 0 Å². The van der Waals surface area contributed by atoms with Crippen LogP contribution in [0.4, 0.5) is 0 Å².